The predicted octanol–water partition coefficient (Wildman–Crippen LogP) is 2.96. The maximum absolute atomic E-state index is 13.4. The Morgan fingerprint density at radius 1 is 0.971 bits per heavy atom. The van der Waals surface area contributed by atoms with Gasteiger partial charge in [-0.1, -0.05) is 17.7 Å². The minimum absolute atomic E-state index is 0.0757. The number of hydrogen-bond donors (Lipinski definition) is 3. The lowest BCUT2D eigenvalue weighted by molar-refractivity contribution is -0.118. The van der Waals surface area contributed by atoms with Gasteiger partial charge in [-0.3, -0.25) is 24.7 Å². The van der Waals surface area contributed by atoms with Gasteiger partial charge in [0.15, 0.2) is 11.6 Å². The van der Waals surface area contributed by atoms with Crippen LogP contribution < -0.4 is 20.5 Å². The lowest BCUT2D eigenvalue weighted by Gasteiger charge is -2.27. The van der Waals surface area contributed by atoms with Crippen molar-refractivity contribution in [2.75, 3.05) is 21.6 Å². The maximum atomic E-state index is 13.4. The van der Waals surface area contributed by atoms with Crippen molar-refractivity contribution >= 4 is 44.7 Å². The van der Waals surface area contributed by atoms with Crippen molar-refractivity contribution in [3.05, 3.63) is 83.9 Å². The monoisotopic (exact) mass is 499 g/mol. The first-order valence-corrected chi connectivity index (χ1v) is 11.7. The van der Waals surface area contributed by atoms with Crippen LogP contribution in [0.3, 0.4) is 0 Å². The minimum atomic E-state index is -4.16. The number of benzene rings is 3. The normalized spacial score (nSPS) is 13.6. The molecule has 1 aliphatic rings. The molecule has 0 radical (unpaired) electrons. The molecule has 1 aliphatic heterocycles. The van der Waals surface area contributed by atoms with Crippen LogP contribution in [0.5, 0.6) is 0 Å². The number of carbonyl (C=O) groups is 2. The third-order valence-corrected chi connectivity index (χ3v) is 6.32. The Morgan fingerprint density at radius 2 is 1.63 bits per heavy atom. The summed E-state index contributed by atoms with van der Waals surface area (Å²) in [7, 11) is -4.16. The van der Waals surface area contributed by atoms with E-state index in [9.17, 15) is 26.8 Å². The summed E-state index contributed by atoms with van der Waals surface area (Å²) in [4.78, 5) is 28.4. The highest BCUT2D eigenvalue weighted by Crippen LogP contribution is 2.20. The molecule has 0 bridgehead atoms. The summed E-state index contributed by atoms with van der Waals surface area (Å²) in [5, 5.41) is 3.84. The second kappa shape index (κ2) is 9.50. The molecule has 0 aromatic heterocycles. The number of carbonyl (C=O) groups excluding carboxylic acids is 2. The van der Waals surface area contributed by atoms with Crippen molar-refractivity contribution in [3.63, 3.8) is 0 Å². The minimum Gasteiger partial charge on any atom is -0.319 e. The summed E-state index contributed by atoms with van der Waals surface area (Å²) in [6, 6.07) is 15.0. The zero-order valence-electron chi connectivity index (χ0n) is 18.2. The number of nitrogens with zero attached hydrogens (tertiary/aromatic N) is 2. The Bertz CT molecular complexity index is 1430. The van der Waals surface area contributed by atoms with Crippen LogP contribution in [-0.4, -0.2) is 32.6 Å². The van der Waals surface area contributed by atoms with Crippen molar-refractivity contribution in [1.29, 1.82) is 0 Å². The first-order chi connectivity index (χ1) is 16.6. The molecule has 3 N–H and O–H groups in total. The van der Waals surface area contributed by atoms with Gasteiger partial charge in [-0.05, 0) is 61.5 Å². The first kappa shape index (κ1) is 23.8. The standard InChI is InChI=1S/C23H19F2N5O4S/c1-14-2-8-17(9-3-14)30-21(31)13-26-22(28-30)23(32)27-15-4-6-16(7-5-15)29-35(33,34)18-10-11-19(24)20(25)12-18/h2-12,29H,13H2,1H3,(H,26,28)(H,27,32). The first-order valence-electron chi connectivity index (χ1n) is 10.2. The number of halogens is 2. The second-order valence-electron chi connectivity index (χ2n) is 7.55. The molecule has 1 heterocycles. The highest BCUT2D eigenvalue weighted by atomic mass is 32.2. The van der Waals surface area contributed by atoms with Crippen molar-refractivity contribution < 1.29 is 26.8 Å². The van der Waals surface area contributed by atoms with Gasteiger partial charge >= 0.3 is 0 Å². The number of aryl methyl sites for hydroxylation is 1. The SMILES string of the molecule is Cc1ccc(N2NC(C(=O)Nc3ccc(NS(=O)(=O)c4ccc(F)c(F)c4)cc3)=NCC2=O)cc1. The van der Waals surface area contributed by atoms with Gasteiger partial charge in [-0.2, -0.15) is 0 Å². The van der Waals surface area contributed by atoms with E-state index in [0.29, 0.717) is 17.4 Å². The topological polar surface area (TPSA) is 120 Å². The van der Waals surface area contributed by atoms with Gasteiger partial charge in [0.25, 0.3) is 21.8 Å². The van der Waals surface area contributed by atoms with Crippen LogP contribution in [0.2, 0.25) is 0 Å². The van der Waals surface area contributed by atoms with Gasteiger partial charge in [0.1, 0.15) is 6.54 Å². The van der Waals surface area contributed by atoms with Crippen molar-refractivity contribution in [2.24, 2.45) is 4.99 Å². The number of hydrogen-bond acceptors (Lipinski definition) is 6. The van der Waals surface area contributed by atoms with E-state index in [0.717, 1.165) is 17.7 Å². The molecule has 4 rings (SSSR count). The quantitative estimate of drug-likeness (QED) is 0.482. The van der Waals surface area contributed by atoms with E-state index in [1.807, 2.05) is 19.1 Å². The number of amidine groups is 1. The van der Waals surface area contributed by atoms with E-state index < -0.39 is 32.5 Å². The third kappa shape index (κ3) is 5.44. The van der Waals surface area contributed by atoms with E-state index >= 15 is 0 Å². The van der Waals surface area contributed by atoms with E-state index in [1.165, 1.54) is 29.3 Å². The molecule has 180 valence electrons. The Morgan fingerprint density at radius 3 is 2.29 bits per heavy atom. The molecule has 3 aromatic carbocycles. The summed E-state index contributed by atoms with van der Waals surface area (Å²) in [5.41, 5.74) is 4.73. The molecule has 0 spiro atoms. The lowest BCUT2D eigenvalue weighted by Crippen LogP contribution is -2.54. The average Bonchev–Trinajstić information content (AvgIpc) is 2.83. The number of rotatable bonds is 6. The smallest absolute Gasteiger partial charge is 0.292 e. The third-order valence-electron chi connectivity index (χ3n) is 4.94. The van der Waals surface area contributed by atoms with Gasteiger partial charge in [0.05, 0.1) is 10.6 Å². The van der Waals surface area contributed by atoms with Crippen LogP contribution in [0, 0.1) is 18.6 Å². The van der Waals surface area contributed by atoms with E-state index in [2.05, 4.69) is 20.5 Å². The van der Waals surface area contributed by atoms with Crippen molar-refractivity contribution in [2.45, 2.75) is 11.8 Å². The highest BCUT2D eigenvalue weighted by Gasteiger charge is 2.25. The molecular formula is C23H19F2N5O4S. The number of sulfonamides is 1. The summed E-state index contributed by atoms with van der Waals surface area (Å²) in [6.07, 6.45) is 0. The van der Waals surface area contributed by atoms with Gasteiger partial charge in [0, 0.05) is 11.4 Å². The molecule has 0 saturated carbocycles. The fourth-order valence-electron chi connectivity index (χ4n) is 3.12. The van der Waals surface area contributed by atoms with E-state index in [4.69, 9.17) is 0 Å². The predicted molar refractivity (Wildman–Crippen MR) is 126 cm³/mol. The fourth-order valence-corrected chi connectivity index (χ4v) is 4.19. The van der Waals surface area contributed by atoms with Crippen LogP contribution in [-0.2, 0) is 19.6 Å². The molecule has 9 nitrogen and oxygen atoms in total. The number of hydrazine groups is 1. The molecule has 35 heavy (non-hydrogen) atoms. The van der Waals surface area contributed by atoms with Crippen LogP contribution >= 0.6 is 0 Å². The summed E-state index contributed by atoms with van der Waals surface area (Å²) >= 11 is 0. The van der Waals surface area contributed by atoms with Crippen molar-refractivity contribution in [3.8, 4) is 0 Å². The maximum Gasteiger partial charge on any atom is 0.292 e. The fraction of sp³-hybridized carbons (Fsp3) is 0.0870. The summed E-state index contributed by atoms with van der Waals surface area (Å²) < 4.78 is 53.5. The van der Waals surface area contributed by atoms with Gasteiger partial charge < -0.3 is 5.32 Å². The number of aliphatic imine (C=N–C) groups is 1. The molecule has 3 aromatic rings. The Hall–Kier alpha value is -4.32. The molecule has 0 atom stereocenters. The Balaban J connectivity index is 1.42. The number of nitrogens with one attached hydrogen (secondary N) is 3. The molecular weight excluding hydrogens is 480 g/mol. The van der Waals surface area contributed by atoms with E-state index in [1.54, 1.807) is 12.1 Å². The number of amides is 2. The van der Waals surface area contributed by atoms with Crippen LogP contribution in [0.1, 0.15) is 5.56 Å². The summed E-state index contributed by atoms with van der Waals surface area (Å²) in [5.74, 6) is -3.46. The summed E-state index contributed by atoms with van der Waals surface area (Å²) in [6.45, 7) is 1.70. The van der Waals surface area contributed by atoms with Gasteiger partial charge in [0.2, 0.25) is 5.84 Å². The van der Waals surface area contributed by atoms with Crippen LogP contribution in [0.25, 0.3) is 0 Å². The molecule has 12 heteroatoms. The molecule has 0 saturated heterocycles. The average molecular weight is 499 g/mol. The highest BCUT2D eigenvalue weighted by molar-refractivity contribution is 7.92. The Kier molecular flexibility index (Phi) is 6.47. The van der Waals surface area contributed by atoms with Gasteiger partial charge in [-0.15, -0.1) is 0 Å². The molecule has 0 aliphatic carbocycles. The largest absolute Gasteiger partial charge is 0.319 e. The molecule has 0 fully saturated rings. The van der Waals surface area contributed by atoms with Crippen LogP contribution in [0.15, 0.2) is 76.6 Å². The van der Waals surface area contributed by atoms with Crippen LogP contribution in [0.4, 0.5) is 25.8 Å². The van der Waals surface area contributed by atoms with Crippen molar-refractivity contribution in [1.82, 2.24) is 5.43 Å². The second-order valence-corrected chi connectivity index (χ2v) is 9.24. The lowest BCUT2D eigenvalue weighted by atomic mass is 10.2. The van der Waals surface area contributed by atoms with Gasteiger partial charge in [-0.25, -0.2) is 22.2 Å². The zero-order valence-corrected chi connectivity index (χ0v) is 19.1. The Labute approximate surface area is 199 Å². The van der Waals surface area contributed by atoms with E-state index in [-0.39, 0.29) is 24.0 Å². The zero-order chi connectivity index (χ0) is 25.2. The molecule has 2 amide bonds. The molecule has 0 unspecified atom stereocenters. The number of anilines is 3.